The molecule has 0 atom stereocenters. The van der Waals surface area contributed by atoms with Crippen LogP contribution < -0.4 is 18.9 Å². The van der Waals surface area contributed by atoms with E-state index in [1.165, 1.54) is 0 Å². The van der Waals surface area contributed by atoms with E-state index in [1.54, 1.807) is 0 Å². The van der Waals surface area contributed by atoms with Gasteiger partial charge in [0.15, 0.2) is 0 Å². The number of hydrogen-bond acceptors (Lipinski definition) is 2. The minimum atomic E-state index is -1.75. The molecule has 0 radical (unpaired) electrons. The smallest absolute Gasteiger partial charge is 0.343 e. The average Bonchev–Trinajstić information content (AvgIpc) is 2.39. The van der Waals surface area contributed by atoms with E-state index in [1.807, 2.05) is 4.21 Å². The molecule has 0 aromatic heterocycles. The summed E-state index contributed by atoms with van der Waals surface area (Å²) in [6.45, 7) is 38.4. The van der Waals surface area contributed by atoms with Gasteiger partial charge < -0.3 is 23.5 Å². The molecule has 0 amide bonds. The maximum Gasteiger partial charge on any atom is 1.00 e. The Hall–Kier alpha value is 2.16. The van der Waals surface area contributed by atoms with Gasteiger partial charge in [-0.25, -0.2) is 4.21 Å². The van der Waals surface area contributed by atoms with Crippen LogP contribution in [0.25, 0.3) is 0 Å². The van der Waals surface area contributed by atoms with E-state index in [0.717, 1.165) is 0 Å². The molecule has 7 heteroatoms. The summed E-state index contributed by atoms with van der Waals surface area (Å²) in [6, 6.07) is 0. The summed E-state index contributed by atoms with van der Waals surface area (Å²) in [5, 5.41) is 1.29. The Bertz CT molecular complexity index is 443. The maximum absolute atomic E-state index is 2.81. The molecule has 0 heterocycles. The van der Waals surface area contributed by atoms with Gasteiger partial charge in [0.05, 0.1) is 0 Å². The Kier molecular flexibility index (Phi) is 11.1. The van der Waals surface area contributed by atoms with Crippen LogP contribution in [0.1, 0.15) is 62.3 Å². The Morgan fingerprint density at radius 2 is 0.679 bits per heavy atom. The molecule has 0 aliphatic heterocycles. The van der Waals surface area contributed by atoms with Crippen LogP contribution in [0.4, 0.5) is 0 Å². The first kappa shape index (κ1) is 32.3. The summed E-state index contributed by atoms with van der Waals surface area (Å²) in [5.41, 5.74) is 0. The Morgan fingerprint density at radius 3 is 0.786 bits per heavy atom. The summed E-state index contributed by atoms with van der Waals surface area (Å²) in [6.07, 6.45) is 4.78. The van der Waals surface area contributed by atoms with Gasteiger partial charge in [-0.15, -0.1) is 0 Å². The van der Waals surface area contributed by atoms with Gasteiger partial charge in [0.25, 0.3) is 0 Å². The van der Waals surface area contributed by atoms with Gasteiger partial charge in [-0.2, -0.15) is 0 Å². The van der Waals surface area contributed by atoms with Crippen LogP contribution in [-0.4, -0.2) is 41.9 Å². The van der Waals surface area contributed by atoms with Crippen LogP contribution in [0.2, 0.25) is 54.4 Å². The van der Waals surface area contributed by atoms with Crippen molar-refractivity contribution in [3.05, 3.63) is 4.21 Å². The Morgan fingerprint density at radius 1 is 0.500 bits per heavy atom. The van der Waals surface area contributed by atoms with Crippen LogP contribution in [0.15, 0.2) is 0 Å². The van der Waals surface area contributed by atoms with Crippen molar-refractivity contribution in [2.45, 2.75) is 117 Å². The quantitative estimate of drug-likeness (QED) is 0.336. The molecule has 0 aromatic carbocycles. The molecule has 0 spiro atoms. The van der Waals surface area contributed by atoms with E-state index in [9.17, 15) is 0 Å². The van der Waals surface area contributed by atoms with E-state index < -0.39 is 29.4 Å². The molecule has 0 rings (SSSR count). The van der Waals surface area contributed by atoms with E-state index in [4.69, 9.17) is 0 Å². The molecule has 0 aliphatic rings. The number of rotatable bonds is 6. The number of thioether (sulfide) groups is 2. The van der Waals surface area contributed by atoms with Crippen molar-refractivity contribution >= 4 is 52.9 Å². The minimum absolute atomic E-state index is 0. The fourth-order valence-electron chi connectivity index (χ4n) is 5.19. The maximum atomic E-state index is 2.81. The molecular weight excluding hydrogens is 436 g/mol. The van der Waals surface area contributed by atoms with Gasteiger partial charge in [0, 0.05) is 22.8 Å². The van der Waals surface area contributed by atoms with Crippen LogP contribution >= 0.6 is 23.5 Å². The molecule has 0 saturated heterocycles. The molecular formula is C21H51LiS2Si4. The zero-order valence-electron chi connectivity index (χ0n) is 22.8. The third-order valence-corrected chi connectivity index (χ3v) is 94.3. The van der Waals surface area contributed by atoms with E-state index in [2.05, 4.69) is 138 Å². The number of hydrogen-bond donors (Lipinski definition) is 0. The topological polar surface area (TPSA) is 0 Å². The van der Waals surface area contributed by atoms with Crippen molar-refractivity contribution in [1.82, 2.24) is 0 Å². The molecule has 0 aromatic rings. The second-order valence-electron chi connectivity index (χ2n) is 13.1. The van der Waals surface area contributed by atoms with Gasteiger partial charge in [0.2, 0.25) is 0 Å². The SMILES string of the molecule is CS[C-](SC)[Si]([Si](C)(C)C(C)(C)C)([Si](C)(C)C(C)(C)C)[Si](C)(C)C(C)(C)C.[Li+]. The Labute approximate surface area is 203 Å². The van der Waals surface area contributed by atoms with Crippen molar-refractivity contribution in [2.75, 3.05) is 12.5 Å². The third-order valence-electron chi connectivity index (χ3n) is 9.11. The summed E-state index contributed by atoms with van der Waals surface area (Å²) in [7, 11) is -4.79. The van der Waals surface area contributed by atoms with E-state index >= 15 is 0 Å². The second kappa shape index (κ2) is 9.57. The minimum Gasteiger partial charge on any atom is -0.343 e. The second-order valence-corrected chi connectivity index (χ2v) is 54.4. The zero-order valence-corrected chi connectivity index (χ0v) is 28.4. The van der Waals surface area contributed by atoms with Gasteiger partial charge in [-0.3, -0.25) is 0 Å². The average molecular weight is 487 g/mol. The normalized spacial score (nSPS) is 15.6. The predicted octanol–water partition coefficient (Wildman–Crippen LogP) is 5.95. The van der Waals surface area contributed by atoms with E-state index in [-0.39, 0.29) is 18.9 Å². The predicted molar refractivity (Wildman–Crippen MR) is 148 cm³/mol. The molecule has 0 bridgehead atoms. The molecule has 28 heavy (non-hydrogen) atoms. The first-order valence-electron chi connectivity index (χ1n) is 10.5. The monoisotopic (exact) mass is 486 g/mol. The van der Waals surface area contributed by atoms with Crippen LogP contribution in [0.3, 0.4) is 0 Å². The first-order valence-corrected chi connectivity index (χ1v) is 26.9. The van der Waals surface area contributed by atoms with Gasteiger partial charge >= 0.3 is 18.9 Å². The largest absolute Gasteiger partial charge is 1.00 e. The van der Waals surface area contributed by atoms with Crippen molar-refractivity contribution in [3.8, 4) is 0 Å². The van der Waals surface area contributed by atoms with Crippen molar-refractivity contribution in [3.63, 3.8) is 0 Å². The van der Waals surface area contributed by atoms with Crippen molar-refractivity contribution < 1.29 is 18.9 Å². The first-order chi connectivity index (χ1) is 11.5. The van der Waals surface area contributed by atoms with Crippen molar-refractivity contribution in [2.24, 2.45) is 0 Å². The fraction of sp³-hybridized carbons (Fsp3) is 0.952. The summed E-state index contributed by atoms with van der Waals surface area (Å²) in [4.78, 5) is 0. The zero-order chi connectivity index (χ0) is 22.5. The van der Waals surface area contributed by atoms with Gasteiger partial charge in [-0.05, 0) is 27.6 Å². The fourth-order valence-corrected chi connectivity index (χ4v) is 128. The molecule has 0 N–H and O–H groups in total. The van der Waals surface area contributed by atoms with Crippen LogP contribution in [0, 0.1) is 4.21 Å². The summed E-state index contributed by atoms with van der Waals surface area (Å²) >= 11 is 4.30. The summed E-state index contributed by atoms with van der Waals surface area (Å²) in [5.74, 6) is 0. The standard InChI is InChI=1S/C21H51S2Si4.Li/c1-19(2,3)24(12,13)27(18(22-10)23-11,25(14,15)20(4,5)6)26(16,17)21(7,8)9;/h1-17H3;/q-1;+1. The molecule has 0 fully saturated rings. The van der Waals surface area contributed by atoms with Crippen LogP contribution in [0.5, 0.6) is 0 Å². The van der Waals surface area contributed by atoms with Crippen molar-refractivity contribution in [1.29, 1.82) is 0 Å². The van der Waals surface area contributed by atoms with Gasteiger partial charge in [0.1, 0.15) is 0 Å². The molecule has 0 unspecified atom stereocenters. The van der Waals surface area contributed by atoms with E-state index in [0.29, 0.717) is 15.1 Å². The van der Waals surface area contributed by atoms with Crippen LogP contribution in [-0.2, 0) is 0 Å². The molecule has 0 nitrogen and oxygen atoms in total. The van der Waals surface area contributed by atoms with Gasteiger partial charge in [-0.1, -0.05) is 108 Å². The Balaban J connectivity index is 0. The molecule has 0 aliphatic carbocycles. The summed E-state index contributed by atoms with van der Waals surface area (Å²) < 4.78 is 1.91. The molecule has 164 valence electrons. The molecule has 0 saturated carbocycles. The third kappa shape index (κ3) is 4.75.